The molecule has 0 amide bonds. The van der Waals surface area contributed by atoms with Gasteiger partial charge in [-0.3, -0.25) is 0 Å². The number of halogens is 1. The monoisotopic (exact) mass is 285 g/mol. The van der Waals surface area contributed by atoms with E-state index < -0.39 is 0 Å². The first-order chi connectivity index (χ1) is 8.80. The largest absolute Gasteiger partial charge is 0.478 e. The summed E-state index contributed by atoms with van der Waals surface area (Å²) in [6.45, 7) is 11.6. The lowest BCUT2D eigenvalue weighted by Crippen LogP contribution is -2.21. The van der Waals surface area contributed by atoms with Crippen molar-refractivity contribution in [1.29, 1.82) is 0 Å². The highest BCUT2D eigenvalue weighted by Crippen LogP contribution is 2.24. The summed E-state index contributed by atoms with van der Waals surface area (Å²) in [5, 5.41) is 3.32. The number of hydrogen-bond donors (Lipinski definition) is 1. The van der Waals surface area contributed by atoms with Gasteiger partial charge in [0, 0.05) is 12.6 Å². The van der Waals surface area contributed by atoms with Gasteiger partial charge in [0.2, 0.25) is 5.88 Å². The molecule has 1 rings (SSSR count). The van der Waals surface area contributed by atoms with E-state index in [4.69, 9.17) is 16.3 Å². The molecule has 0 aliphatic carbocycles. The highest BCUT2D eigenvalue weighted by Gasteiger charge is 2.16. The van der Waals surface area contributed by atoms with E-state index >= 15 is 0 Å². The lowest BCUT2D eigenvalue weighted by Gasteiger charge is -2.22. The molecular formula is C14H24ClN3O. The maximum Gasteiger partial charge on any atom is 0.218 e. The van der Waals surface area contributed by atoms with E-state index in [9.17, 15) is 0 Å². The van der Waals surface area contributed by atoms with Crippen molar-refractivity contribution in [3.63, 3.8) is 0 Å². The van der Waals surface area contributed by atoms with Crippen LogP contribution >= 0.6 is 11.6 Å². The fraction of sp³-hybridized carbons (Fsp3) is 0.714. The second-order valence-corrected chi connectivity index (χ2v) is 6.43. The van der Waals surface area contributed by atoms with Crippen molar-refractivity contribution in [1.82, 2.24) is 9.97 Å². The highest BCUT2D eigenvalue weighted by atomic mass is 35.5. The van der Waals surface area contributed by atoms with Gasteiger partial charge in [0.25, 0.3) is 0 Å². The smallest absolute Gasteiger partial charge is 0.218 e. The first-order valence-corrected chi connectivity index (χ1v) is 7.10. The Morgan fingerprint density at radius 3 is 2.63 bits per heavy atom. The Labute approximate surface area is 120 Å². The number of ether oxygens (including phenoxy) is 1. The van der Waals surface area contributed by atoms with Gasteiger partial charge in [0.05, 0.1) is 12.0 Å². The third-order valence-electron chi connectivity index (χ3n) is 2.45. The highest BCUT2D eigenvalue weighted by molar-refractivity contribution is 6.20. The molecule has 0 bridgehead atoms. The Balaban J connectivity index is 2.57. The lowest BCUT2D eigenvalue weighted by atomic mass is 9.90. The fourth-order valence-corrected chi connectivity index (χ4v) is 2.34. The summed E-state index contributed by atoms with van der Waals surface area (Å²) in [4.78, 5) is 8.53. The van der Waals surface area contributed by atoms with Gasteiger partial charge >= 0.3 is 0 Å². The van der Waals surface area contributed by atoms with Crippen LogP contribution < -0.4 is 10.1 Å². The van der Waals surface area contributed by atoms with Crippen LogP contribution in [0.5, 0.6) is 5.88 Å². The van der Waals surface area contributed by atoms with Gasteiger partial charge in [0.1, 0.15) is 11.6 Å². The number of rotatable bonds is 6. The van der Waals surface area contributed by atoms with E-state index in [0.717, 1.165) is 12.2 Å². The third kappa shape index (κ3) is 6.62. The Morgan fingerprint density at radius 1 is 1.37 bits per heavy atom. The topological polar surface area (TPSA) is 47.0 Å². The minimum Gasteiger partial charge on any atom is -0.478 e. The first-order valence-electron chi connectivity index (χ1n) is 6.66. The molecule has 5 heteroatoms. The molecule has 1 unspecified atom stereocenters. The molecule has 0 radical (unpaired) electrons. The second-order valence-electron chi connectivity index (χ2n) is 5.81. The molecule has 0 spiro atoms. The Kier molecular flexibility index (Phi) is 5.85. The molecular weight excluding hydrogens is 262 g/mol. The SMILES string of the molecule is CCOc1cc(NCC(Cl)CC(C)(C)C)nc(C)n1. The number of anilines is 1. The number of nitrogens with zero attached hydrogens (tertiary/aromatic N) is 2. The van der Waals surface area contributed by atoms with Crippen molar-refractivity contribution >= 4 is 17.4 Å². The molecule has 0 saturated heterocycles. The molecule has 0 aliphatic heterocycles. The van der Waals surface area contributed by atoms with Crippen LogP contribution in [0.2, 0.25) is 0 Å². The van der Waals surface area contributed by atoms with Crippen molar-refractivity contribution in [3.05, 3.63) is 11.9 Å². The standard InChI is InChI=1S/C14H24ClN3O/c1-6-19-13-7-12(17-10(2)18-13)16-9-11(15)8-14(3,4)5/h7,11H,6,8-9H2,1-5H3,(H,16,17,18). The maximum atomic E-state index is 6.32. The molecule has 0 aromatic carbocycles. The molecule has 19 heavy (non-hydrogen) atoms. The number of alkyl halides is 1. The quantitative estimate of drug-likeness (QED) is 0.811. The van der Waals surface area contributed by atoms with Crippen LogP contribution in [-0.2, 0) is 0 Å². The average Bonchev–Trinajstić information content (AvgIpc) is 2.24. The summed E-state index contributed by atoms with van der Waals surface area (Å²) in [6.07, 6.45) is 0.948. The summed E-state index contributed by atoms with van der Waals surface area (Å²) in [5.74, 6) is 2.05. The Morgan fingerprint density at radius 2 is 2.05 bits per heavy atom. The van der Waals surface area contributed by atoms with E-state index in [2.05, 4.69) is 36.1 Å². The Hall–Kier alpha value is -1.03. The Bertz CT molecular complexity index is 404. The maximum absolute atomic E-state index is 6.32. The molecule has 4 nitrogen and oxygen atoms in total. The first kappa shape index (κ1) is 16.0. The molecule has 1 atom stereocenters. The van der Waals surface area contributed by atoms with Gasteiger partial charge in [0.15, 0.2) is 0 Å². The van der Waals surface area contributed by atoms with Gasteiger partial charge < -0.3 is 10.1 Å². The minimum atomic E-state index is 0.0748. The molecule has 1 heterocycles. The van der Waals surface area contributed by atoms with Gasteiger partial charge in [-0.25, -0.2) is 4.98 Å². The van der Waals surface area contributed by atoms with Crippen molar-refractivity contribution in [3.8, 4) is 5.88 Å². The van der Waals surface area contributed by atoms with Gasteiger partial charge in [-0.05, 0) is 25.7 Å². The predicted octanol–water partition coefficient (Wildman–Crippen LogP) is 3.64. The zero-order valence-electron chi connectivity index (χ0n) is 12.5. The van der Waals surface area contributed by atoms with Gasteiger partial charge in [-0.15, -0.1) is 11.6 Å². The second kappa shape index (κ2) is 6.94. The van der Waals surface area contributed by atoms with Crippen LogP contribution in [0, 0.1) is 12.3 Å². The van der Waals surface area contributed by atoms with E-state index in [0.29, 0.717) is 24.9 Å². The summed E-state index contributed by atoms with van der Waals surface area (Å²) in [6, 6.07) is 1.80. The summed E-state index contributed by atoms with van der Waals surface area (Å²) < 4.78 is 5.39. The molecule has 1 aromatic rings. The van der Waals surface area contributed by atoms with E-state index in [-0.39, 0.29) is 10.8 Å². The van der Waals surface area contributed by atoms with Crippen molar-refractivity contribution < 1.29 is 4.74 Å². The zero-order chi connectivity index (χ0) is 14.5. The third-order valence-corrected chi connectivity index (χ3v) is 2.75. The zero-order valence-corrected chi connectivity index (χ0v) is 13.2. The van der Waals surface area contributed by atoms with Crippen molar-refractivity contribution in [2.75, 3.05) is 18.5 Å². The van der Waals surface area contributed by atoms with Crippen LogP contribution in [0.4, 0.5) is 5.82 Å². The fourth-order valence-electron chi connectivity index (χ4n) is 1.80. The predicted molar refractivity (Wildman–Crippen MR) is 80.1 cm³/mol. The van der Waals surface area contributed by atoms with Crippen LogP contribution in [-0.4, -0.2) is 28.5 Å². The lowest BCUT2D eigenvalue weighted by molar-refractivity contribution is 0.325. The molecule has 0 fully saturated rings. The summed E-state index contributed by atoms with van der Waals surface area (Å²) >= 11 is 6.32. The number of aryl methyl sites for hydroxylation is 1. The van der Waals surface area contributed by atoms with E-state index in [1.807, 2.05) is 13.8 Å². The van der Waals surface area contributed by atoms with E-state index in [1.54, 1.807) is 6.07 Å². The average molecular weight is 286 g/mol. The van der Waals surface area contributed by atoms with Crippen LogP contribution in [0.3, 0.4) is 0 Å². The van der Waals surface area contributed by atoms with Gasteiger partial charge in [-0.2, -0.15) is 4.98 Å². The van der Waals surface area contributed by atoms with Crippen molar-refractivity contribution in [2.45, 2.75) is 46.4 Å². The normalized spacial score (nSPS) is 13.2. The molecule has 0 saturated carbocycles. The van der Waals surface area contributed by atoms with Crippen LogP contribution in [0.15, 0.2) is 6.07 Å². The number of aromatic nitrogens is 2. The van der Waals surface area contributed by atoms with E-state index in [1.165, 1.54) is 0 Å². The molecule has 1 aromatic heterocycles. The molecule has 1 N–H and O–H groups in total. The molecule has 108 valence electrons. The molecule has 0 aliphatic rings. The summed E-state index contributed by atoms with van der Waals surface area (Å²) in [5.41, 5.74) is 0.228. The van der Waals surface area contributed by atoms with Crippen LogP contribution in [0.1, 0.15) is 39.9 Å². The minimum absolute atomic E-state index is 0.0748. The number of nitrogens with one attached hydrogen (secondary N) is 1. The van der Waals surface area contributed by atoms with Crippen LogP contribution in [0.25, 0.3) is 0 Å². The van der Waals surface area contributed by atoms with Crippen molar-refractivity contribution in [2.24, 2.45) is 5.41 Å². The van der Waals surface area contributed by atoms with Gasteiger partial charge in [-0.1, -0.05) is 20.8 Å². The summed E-state index contributed by atoms with van der Waals surface area (Å²) in [7, 11) is 0. The number of hydrogen-bond acceptors (Lipinski definition) is 4.